The third kappa shape index (κ3) is 5.09. The fourth-order valence-electron chi connectivity index (χ4n) is 4.08. The van der Waals surface area contributed by atoms with E-state index >= 15 is 0 Å². The molecule has 0 spiro atoms. The molecule has 0 saturated heterocycles. The molecular weight excluding hydrogens is 462 g/mol. The Bertz CT molecular complexity index is 1390. The minimum atomic E-state index is -0.228. The third-order valence-electron chi connectivity index (χ3n) is 6.08. The lowest BCUT2D eigenvalue weighted by molar-refractivity contribution is -0.119. The lowest BCUT2D eigenvalue weighted by Crippen LogP contribution is -2.41. The van der Waals surface area contributed by atoms with Crippen LogP contribution in [0.25, 0.3) is 5.78 Å². The zero-order valence-electron chi connectivity index (χ0n) is 19.9. The van der Waals surface area contributed by atoms with E-state index in [1.807, 2.05) is 44.2 Å². The number of carbonyl (C=O) groups is 1. The van der Waals surface area contributed by atoms with Gasteiger partial charge in [0.1, 0.15) is 12.7 Å². The van der Waals surface area contributed by atoms with Crippen molar-refractivity contribution in [2.45, 2.75) is 38.5 Å². The Kier molecular flexibility index (Phi) is 6.59. The molecule has 1 aliphatic rings. The van der Waals surface area contributed by atoms with Crippen molar-refractivity contribution >= 4 is 23.4 Å². The summed E-state index contributed by atoms with van der Waals surface area (Å²) in [6, 6.07) is 15.9. The van der Waals surface area contributed by atoms with Crippen LogP contribution in [0.3, 0.4) is 0 Å². The van der Waals surface area contributed by atoms with Crippen molar-refractivity contribution in [3.05, 3.63) is 76.6 Å². The molecule has 8 nitrogen and oxygen atoms in total. The third-order valence-corrected chi connectivity index (χ3v) is 6.92. The number of ether oxygens (including phenoxy) is 2. The minimum Gasteiger partial charge on any atom is -0.486 e. The fourth-order valence-corrected chi connectivity index (χ4v) is 4.73. The molecule has 1 amide bonds. The molecule has 1 atom stereocenters. The van der Waals surface area contributed by atoms with Crippen molar-refractivity contribution in [1.82, 2.24) is 24.9 Å². The topological polar surface area (TPSA) is 90.6 Å². The average Bonchev–Trinajstić information content (AvgIpc) is 3.28. The number of nitrogens with zero attached hydrogens (tertiary/aromatic N) is 4. The number of carbonyl (C=O) groups excluding carboxylic acids is 1. The zero-order valence-corrected chi connectivity index (χ0v) is 20.8. The van der Waals surface area contributed by atoms with Gasteiger partial charge in [-0.05, 0) is 49.6 Å². The van der Waals surface area contributed by atoms with Crippen molar-refractivity contribution in [1.29, 1.82) is 0 Å². The second-order valence-corrected chi connectivity index (χ2v) is 9.50. The maximum Gasteiger partial charge on any atom is 0.253 e. The van der Waals surface area contributed by atoms with Crippen LogP contribution in [0, 0.1) is 20.8 Å². The van der Waals surface area contributed by atoms with E-state index in [0.29, 0.717) is 29.8 Å². The van der Waals surface area contributed by atoms with Crippen LogP contribution in [0.5, 0.6) is 11.5 Å². The maximum atomic E-state index is 12.4. The first-order chi connectivity index (χ1) is 17.0. The average molecular weight is 490 g/mol. The molecule has 0 radical (unpaired) electrons. The molecule has 35 heavy (non-hydrogen) atoms. The maximum absolute atomic E-state index is 12.4. The van der Waals surface area contributed by atoms with E-state index in [1.165, 1.54) is 22.9 Å². The van der Waals surface area contributed by atoms with E-state index in [1.54, 1.807) is 4.52 Å². The van der Waals surface area contributed by atoms with Crippen molar-refractivity contribution in [3.63, 3.8) is 0 Å². The van der Waals surface area contributed by atoms with Gasteiger partial charge in [0, 0.05) is 17.8 Å². The SMILES string of the molecule is Cc1ccccc1Cc1c(C)nc2nc(SCC(=O)NCC3COc4ccccc4O3)nn2c1C. The number of aryl methyl sites for hydroxylation is 3. The lowest BCUT2D eigenvalue weighted by Gasteiger charge is -2.26. The van der Waals surface area contributed by atoms with Gasteiger partial charge in [0.2, 0.25) is 11.1 Å². The normalized spacial score (nSPS) is 14.8. The molecule has 4 aromatic rings. The molecule has 0 fully saturated rings. The highest BCUT2D eigenvalue weighted by molar-refractivity contribution is 7.99. The first kappa shape index (κ1) is 23.2. The standard InChI is InChI=1S/C26H27N5O3S/c1-16-8-4-5-9-19(16)12-21-17(2)28-25-29-26(30-31(25)18(21)3)35-15-24(32)27-13-20-14-33-22-10-6-7-11-23(22)34-20/h4-11,20H,12-15H2,1-3H3,(H,27,32). The van der Waals surface area contributed by atoms with Gasteiger partial charge in [-0.2, -0.15) is 4.98 Å². The van der Waals surface area contributed by atoms with E-state index < -0.39 is 0 Å². The van der Waals surface area contributed by atoms with Crippen LogP contribution in [0.4, 0.5) is 0 Å². The summed E-state index contributed by atoms with van der Waals surface area (Å²) in [6.07, 6.45) is 0.559. The number of aromatic nitrogens is 4. The first-order valence-corrected chi connectivity index (χ1v) is 12.5. The molecule has 0 saturated carbocycles. The van der Waals surface area contributed by atoms with Crippen LogP contribution in [-0.4, -0.2) is 50.5 Å². The molecule has 180 valence electrons. The number of thioether (sulfide) groups is 1. The first-order valence-electron chi connectivity index (χ1n) is 11.5. The number of fused-ring (bicyclic) bond motifs is 2. The molecule has 9 heteroatoms. The predicted molar refractivity (Wildman–Crippen MR) is 134 cm³/mol. The van der Waals surface area contributed by atoms with Crippen LogP contribution in [-0.2, 0) is 11.2 Å². The summed E-state index contributed by atoms with van der Waals surface area (Å²) in [5.41, 5.74) is 5.61. The Hall–Kier alpha value is -3.59. The summed E-state index contributed by atoms with van der Waals surface area (Å²) in [7, 11) is 0. The lowest BCUT2D eigenvalue weighted by atomic mass is 9.99. The van der Waals surface area contributed by atoms with Gasteiger partial charge in [-0.15, -0.1) is 5.10 Å². The number of para-hydroxylation sites is 2. The Labute approximate surface area is 208 Å². The highest BCUT2D eigenvalue weighted by atomic mass is 32.2. The Morgan fingerprint density at radius 3 is 2.69 bits per heavy atom. The van der Waals surface area contributed by atoms with Gasteiger partial charge in [0.15, 0.2) is 11.5 Å². The molecule has 2 aromatic carbocycles. The van der Waals surface area contributed by atoms with Gasteiger partial charge in [-0.1, -0.05) is 48.2 Å². The van der Waals surface area contributed by atoms with Gasteiger partial charge >= 0.3 is 0 Å². The molecule has 1 unspecified atom stereocenters. The highest BCUT2D eigenvalue weighted by Crippen LogP contribution is 2.30. The van der Waals surface area contributed by atoms with E-state index in [9.17, 15) is 4.79 Å². The fraction of sp³-hybridized carbons (Fsp3) is 0.308. The van der Waals surface area contributed by atoms with E-state index in [-0.39, 0.29) is 17.8 Å². The number of amides is 1. The van der Waals surface area contributed by atoms with Crippen molar-refractivity contribution < 1.29 is 14.3 Å². The van der Waals surface area contributed by atoms with Gasteiger partial charge in [0.25, 0.3) is 5.78 Å². The van der Waals surface area contributed by atoms with Crippen LogP contribution in [0.15, 0.2) is 53.7 Å². The molecule has 0 aliphatic carbocycles. The molecule has 0 bridgehead atoms. The Balaban J connectivity index is 1.20. The summed E-state index contributed by atoms with van der Waals surface area (Å²) in [6.45, 7) is 6.93. The smallest absolute Gasteiger partial charge is 0.253 e. The number of hydrogen-bond donors (Lipinski definition) is 1. The predicted octanol–water partition coefficient (Wildman–Crippen LogP) is 3.69. The van der Waals surface area contributed by atoms with Crippen molar-refractivity contribution in [2.24, 2.45) is 0 Å². The molecule has 1 N–H and O–H groups in total. The van der Waals surface area contributed by atoms with Crippen molar-refractivity contribution in [3.8, 4) is 11.5 Å². The van der Waals surface area contributed by atoms with Crippen LogP contribution < -0.4 is 14.8 Å². The van der Waals surface area contributed by atoms with Crippen LogP contribution in [0.1, 0.15) is 28.1 Å². The number of hydrogen-bond acceptors (Lipinski definition) is 7. The van der Waals surface area contributed by atoms with Gasteiger partial charge < -0.3 is 14.8 Å². The van der Waals surface area contributed by atoms with Gasteiger partial charge in [-0.25, -0.2) is 9.50 Å². The second kappa shape index (κ2) is 9.95. The zero-order chi connectivity index (χ0) is 24.4. The Morgan fingerprint density at radius 2 is 1.86 bits per heavy atom. The minimum absolute atomic E-state index is 0.114. The number of nitrogens with one attached hydrogen (secondary N) is 1. The quantitative estimate of drug-likeness (QED) is 0.396. The monoisotopic (exact) mass is 489 g/mol. The summed E-state index contributed by atoms with van der Waals surface area (Å²) in [5, 5.41) is 8.04. The molecular formula is C26H27N5O3S. The van der Waals surface area contributed by atoms with E-state index in [2.05, 4.69) is 45.5 Å². The highest BCUT2D eigenvalue weighted by Gasteiger charge is 2.21. The molecule has 3 heterocycles. The summed E-state index contributed by atoms with van der Waals surface area (Å²) in [4.78, 5) is 21.6. The second-order valence-electron chi connectivity index (χ2n) is 8.56. The largest absolute Gasteiger partial charge is 0.486 e. The Morgan fingerprint density at radius 1 is 1.09 bits per heavy atom. The molecule has 1 aliphatic heterocycles. The molecule has 5 rings (SSSR count). The summed E-state index contributed by atoms with van der Waals surface area (Å²) < 4.78 is 13.4. The molecule has 2 aromatic heterocycles. The van der Waals surface area contributed by atoms with Crippen LogP contribution in [0.2, 0.25) is 0 Å². The summed E-state index contributed by atoms with van der Waals surface area (Å²) >= 11 is 1.29. The van der Waals surface area contributed by atoms with Crippen molar-refractivity contribution in [2.75, 3.05) is 18.9 Å². The van der Waals surface area contributed by atoms with E-state index in [4.69, 9.17) is 9.47 Å². The number of rotatable bonds is 7. The van der Waals surface area contributed by atoms with E-state index in [0.717, 1.165) is 29.1 Å². The van der Waals surface area contributed by atoms with Crippen LogP contribution >= 0.6 is 11.8 Å². The summed E-state index contributed by atoms with van der Waals surface area (Å²) in [5.74, 6) is 2.06. The number of benzene rings is 2. The van der Waals surface area contributed by atoms with Gasteiger partial charge in [-0.3, -0.25) is 4.79 Å². The van der Waals surface area contributed by atoms with Gasteiger partial charge in [0.05, 0.1) is 12.3 Å².